The second kappa shape index (κ2) is 7.03. The Balaban J connectivity index is 0.000000236. The molecule has 2 heteroatoms. The van der Waals surface area contributed by atoms with Gasteiger partial charge in [0.25, 0.3) is 0 Å². The van der Waals surface area contributed by atoms with E-state index in [0.29, 0.717) is 0 Å². The fourth-order valence-corrected chi connectivity index (χ4v) is 0.788. The SMILES string of the molecule is CCC.OC[C@@H]1CCCO1. The number of rotatable bonds is 1. The van der Waals surface area contributed by atoms with Crippen LogP contribution in [0.15, 0.2) is 0 Å². The molecule has 0 aliphatic carbocycles. The summed E-state index contributed by atoms with van der Waals surface area (Å²) in [6, 6.07) is 0. The zero-order valence-corrected chi connectivity index (χ0v) is 6.97. The molecule has 1 saturated heterocycles. The number of aliphatic hydroxyl groups excluding tert-OH is 1. The van der Waals surface area contributed by atoms with Crippen molar-refractivity contribution >= 4 is 0 Å². The molecule has 10 heavy (non-hydrogen) atoms. The van der Waals surface area contributed by atoms with Gasteiger partial charge in [-0.25, -0.2) is 0 Å². The minimum absolute atomic E-state index is 0.153. The van der Waals surface area contributed by atoms with Gasteiger partial charge < -0.3 is 9.84 Å². The number of hydrogen-bond donors (Lipinski definition) is 1. The minimum atomic E-state index is 0.153. The predicted molar refractivity (Wildman–Crippen MR) is 42.0 cm³/mol. The molecule has 0 aromatic carbocycles. The molecule has 0 aromatic rings. The third-order valence-corrected chi connectivity index (χ3v) is 1.23. The van der Waals surface area contributed by atoms with Crippen molar-refractivity contribution in [3.8, 4) is 0 Å². The summed E-state index contributed by atoms with van der Waals surface area (Å²) in [6.45, 7) is 5.28. The third kappa shape index (κ3) is 4.77. The lowest BCUT2D eigenvalue weighted by atomic mass is 10.2. The van der Waals surface area contributed by atoms with Crippen LogP contribution in [-0.2, 0) is 4.74 Å². The van der Waals surface area contributed by atoms with E-state index in [0.717, 1.165) is 19.4 Å². The molecular formula is C8H18O2. The van der Waals surface area contributed by atoms with E-state index >= 15 is 0 Å². The molecule has 1 rings (SSSR count). The maximum Gasteiger partial charge on any atom is 0.0806 e. The molecule has 0 radical (unpaired) electrons. The first-order chi connectivity index (χ1) is 4.85. The second-order valence-electron chi connectivity index (χ2n) is 2.52. The van der Waals surface area contributed by atoms with Crippen LogP contribution in [0.5, 0.6) is 0 Å². The van der Waals surface area contributed by atoms with Gasteiger partial charge in [0.1, 0.15) is 0 Å². The van der Waals surface area contributed by atoms with Crippen molar-refractivity contribution in [3.05, 3.63) is 0 Å². The monoisotopic (exact) mass is 146 g/mol. The van der Waals surface area contributed by atoms with Crippen LogP contribution in [0.4, 0.5) is 0 Å². The van der Waals surface area contributed by atoms with Crippen molar-refractivity contribution in [2.24, 2.45) is 0 Å². The van der Waals surface area contributed by atoms with Gasteiger partial charge in [-0.1, -0.05) is 20.3 Å². The topological polar surface area (TPSA) is 29.5 Å². The van der Waals surface area contributed by atoms with Crippen molar-refractivity contribution in [3.63, 3.8) is 0 Å². The lowest BCUT2D eigenvalue weighted by Gasteiger charge is -2.00. The lowest BCUT2D eigenvalue weighted by molar-refractivity contribution is 0.0591. The van der Waals surface area contributed by atoms with Crippen molar-refractivity contribution in [1.82, 2.24) is 0 Å². The molecule has 0 amide bonds. The zero-order chi connectivity index (χ0) is 7.82. The summed E-state index contributed by atoms with van der Waals surface area (Å²) in [4.78, 5) is 0. The Labute approximate surface area is 63.2 Å². The highest BCUT2D eigenvalue weighted by molar-refractivity contribution is 4.61. The highest BCUT2D eigenvalue weighted by Gasteiger charge is 2.12. The van der Waals surface area contributed by atoms with Crippen LogP contribution in [0.3, 0.4) is 0 Å². The molecule has 1 atom stereocenters. The highest BCUT2D eigenvalue weighted by Crippen LogP contribution is 2.09. The number of hydrogen-bond acceptors (Lipinski definition) is 2. The van der Waals surface area contributed by atoms with Crippen molar-refractivity contribution in [2.75, 3.05) is 13.2 Å². The van der Waals surface area contributed by atoms with E-state index in [-0.39, 0.29) is 12.7 Å². The van der Waals surface area contributed by atoms with E-state index < -0.39 is 0 Å². The van der Waals surface area contributed by atoms with Crippen LogP contribution in [0.25, 0.3) is 0 Å². The Morgan fingerprint density at radius 1 is 1.50 bits per heavy atom. The fraction of sp³-hybridized carbons (Fsp3) is 1.00. The number of ether oxygens (including phenoxy) is 1. The Kier molecular flexibility index (Phi) is 6.98. The standard InChI is InChI=1S/C5H10O2.C3H8/c6-4-5-2-1-3-7-5;1-3-2/h5-6H,1-4H2;3H2,1-2H3/t5-;/m0./s1. The van der Waals surface area contributed by atoms with Crippen LogP contribution < -0.4 is 0 Å². The van der Waals surface area contributed by atoms with E-state index in [2.05, 4.69) is 13.8 Å². The molecule has 1 fully saturated rings. The molecule has 1 aliphatic heterocycles. The van der Waals surface area contributed by atoms with Crippen LogP contribution in [0.1, 0.15) is 33.1 Å². The van der Waals surface area contributed by atoms with Crippen LogP contribution in [0, 0.1) is 0 Å². The Hall–Kier alpha value is -0.0800. The zero-order valence-electron chi connectivity index (χ0n) is 6.97. The highest BCUT2D eigenvalue weighted by atomic mass is 16.5. The summed E-state index contributed by atoms with van der Waals surface area (Å²) in [7, 11) is 0. The molecule has 62 valence electrons. The average molecular weight is 146 g/mol. The molecule has 0 saturated carbocycles. The lowest BCUT2D eigenvalue weighted by Crippen LogP contribution is -2.09. The van der Waals surface area contributed by atoms with E-state index in [1.807, 2.05) is 0 Å². The molecule has 0 aromatic heterocycles. The summed E-state index contributed by atoms with van der Waals surface area (Å²) < 4.78 is 5.05. The smallest absolute Gasteiger partial charge is 0.0806 e. The summed E-state index contributed by atoms with van der Waals surface area (Å²) in [5, 5.41) is 8.44. The van der Waals surface area contributed by atoms with Gasteiger partial charge in [0.15, 0.2) is 0 Å². The van der Waals surface area contributed by atoms with Crippen LogP contribution in [-0.4, -0.2) is 24.4 Å². The molecule has 0 bridgehead atoms. The first-order valence-corrected chi connectivity index (χ1v) is 4.07. The van der Waals surface area contributed by atoms with Crippen LogP contribution >= 0.6 is 0 Å². The Bertz CT molecular complexity index is 58.3. The van der Waals surface area contributed by atoms with E-state index in [1.54, 1.807) is 0 Å². The van der Waals surface area contributed by atoms with Gasteiger partial charge in [0, 0.05) is 6.61 Å². The first-order valence-electron chi connectivity index (χ1n) is 4.07. The molecule has 0 spiro atoms. The summed E-state index contributed by atoms with van der Waals surface area (Å²) in [5.41, 5.74) is 0. The number of aliphatic hydroxyl groups is 1. The summed E-state index contributed by atoms with van der Waals surface area (Å²) in [5.74, 6) is 0. The molecule has 2 nitrogen and oxygen atoms in total. The van der Waals surface area contributed by atoms with Crippen molar-refractivity contribution < 1.29 is 9.84 Å². The van der Waals surface area contributed by atoms with E-state index in [1.165, 1.54) is 6.42 Å². The molecule has 0 unspecified atom stereocenters. The second-order valence-corrected chi connectivity index (χ2v) is 2.52. The molecular weight excluding hydrogens is 128 g/mol. The minimum Gasteiger partial charge on any atom is -0.394 e. The Morgan fingerprint density at radius 3 is 2.30 bits per heavy atom. The largest absolute Gasteiger partial charge is 0.394 e. The summed E-state index contributed by atoms with van der Waals surface area (Å²) in [6.07, 6.45) is 3.56. The first kappa shape index (κ1) is 9.92. The maximum atomic E-state index is 8.44. The maximum absolute atomic E-state index is 8.44. The third-order valence-electron chi connectivity index (χ3n) is 1.23. The quantitative estimate of drug-likeness (QED) is 0.608. The van der Waals surface area contributed by atoms with Gasteiger partial charge in [0.05, 0.1) is 12.7 Å². The molecule has 1 heterocycles. The van der Waals surface area contributed by atoms with Gasteiger partial charge in [0.2, 0.25) is 0 Å². The summed E-state index contributed by atoms with van der Waals surface area (Å²) >= 11 is 0. The Morgan fingerprint density at radius 2 is 2.10 bits per heavy atom. The van der Waals surface area contributed by atoms with Gasteiger partial charge >= 0.3 is 0 Å². The van der Waals surface area contributed by atoms with Crippen molar-refractivity contribution in [1.29, 1.82) is 0 Å². The van der Waals surface area contributed by atoms with E-state index in [4.69, 9.17) is 9.84 Å². The fourth-order valence-electron chi connectivity index (χ4n) is 0.788. The van der Waals surface area contributed by atoms with Gasteiger partial charge in [-0.2, -0.15) is 0 Å². The molecule has 1 aliphatic rings. The van der Waals surface area contributed by atoms with Gasteiger partial charge in [-0.3, -0.25) is 0 Å². The van der Waals surface area contributed by atoms with Crippen LogP contribution in [0.2, 0.25) is 0 Å². The van der Waals surface area contributed by atoms with Crippen molar-refractivity contribution in [2.45, 2.75) is 39.2 Å². The predicted octanol–water partition coefficient (Wildman–Crippen LogP) is 1.57. The normalized spacial score (nSPS) is 23.7. The van der Waals surface area contributed by atoms with E-state index in [9.17, 15) is 0 Å². The van der Waals surface area contributed by atoms with Gasteiger partial charge in [-0.15, -0.1) is 0 Å². The average Bonchev–Trinajstić information content (AvgIpc) is 2.39. The molecule has 1 N–H and O–H groups in total. The van der Waals surface area contributed by atoms with Gasteiger partial charge in [-0.05, 0) is 12.8 Å².